The number of para-hydroxylation sites is 3. The Morgan fingerprint density at radius 1 is 0.345 bits per heavy atom. The van der Waals surface area contributed by atoms with Gasteiger partial charge in [0, 0.05) is 64.5 Å². The molecule has 0 N–H and O–H groups in total. The summed E-state index contributed by atoms with van der Waals surface area (Å²) < 4.78 is 11.2. The molecule has 0 aliphatic rings. The molecule has 12 rings (SSSR count). The zero-order valence-electron chi connectivity index (χ0n) is 31.3. The largest absolute Gasteiger partial charge is 0.456 e. The fourth-order valence-corrected chi connectivity index (χ4v) is 9.96. The van der Waals surface area contributed by atoms with Crippen molar-refractivity contribution in [3.8, 4) is 27.9 Å². The lowest BCUT2D eigenvalue weighted by atomic mass is 10.0. The van der Waals surface area contributed by atoms with Crippen molar-refractivity contribution < 1.29 is 4.42 Å². The van der Waals surface area contributed by atoms with Crippen molar-refractivity contribution >= 4 is 92.3 Å². The zero-order chi connectivity index (χ0) is 38.2. The van der Waals surface area contributed by atoms with Crippen LogP contribution in [0.1, 0.15) is 0 Å². The van der Waals surface area contributed by atoms with Crippen LogP contribution in [0.25, 0.3) is 91.9 Å². The fraction of sp³-hybridized carbons (Fsp3) is 0. The molecule has 58 heavy (non-hydrogen) atoms. The van der Waals surface area contributed by atoms with Crippen LogP contribution < -0.4 is 4.90 Å². The predicted molar refractivity (Wildman–Crippen MR) is 247 cm³/mol. The van der Waals surface area contributed by atoms with Gasteiger partial charge in [-0.05, 0) is 107 Å². The number of nitrogens with zero attached hydrogens (tertiary/aromatic N) is 2. The molecule has 0 spiro atoms. The van der Waals surface area contributed by atoms with Crippen LogP contribution in [0.15, 0.2) is 211 Å². The summed E-state index contributed by atoms with van der Waals surface area (Å²) in [4.78, 5) is 2.38. The van der Waals surface area contributed by atoms with Crippen molar-refractivity contribution in [1.82, 2.24) is 4.57 Å². The smallest absolute Gasteiger partial charge is 0.135 e. The van der Waals surface area contributed by atoms with E-state index < -0.39 is 0 Å². The minimum atomic E-state index is 0.906. The number of furan rings is 1. The van der Waals surface area contributed by atoms with E-state index in [-0.39, 0.29) is 0 Å². The van der Waals surface area contributed by atoms with Crippen molar-refractivity contribution in [2.45, 2.75) is 0 Å². The zero-order valence-corrected chi connectivity index (χ0v) is 32.2. The third-order valence-electron chi connectivity index (χ3n) is 11.6. The summed E-state index contributed by atoms with van der Waals surface area (Å²) in [6.45, 7) is 0. The van der Waals surface area contributed by atoms with Crippen LogP contribution in [0.3, 0.4) is 0 Å². The molecule has 0 atom stereocenters. The molecule has 0 unspecified atom stereocenters. The van der Waals surface area contributed by atoms with E-state index >= 15 is 0 Å². The summed E-state index contributed by atoms with van der Waals surface area (Å²) in [6, 6.07) is 74.6. The molecule has 0 amide bonds. The molecular formula is C54H34N2OS. The second kappa shape index (κ2) is 13.1. The van der Waals surface area contributed by atoms with Gasteiger partial charge < -0.3 is 13.9 Å². The van der Waals surface area contributed by atoms with Crippen LogP contribution in [0.5, 0.6) is 0 Å². The van der Waals surface area contributed by atoms with Gasteiger partial charge in [-0.2, -0.15) is 0 Å². The van der Waals surface area contributed by atoms with E-state index in [0.717, 1.165) is 55.8 Å². The maximum Gasteiger partial charge on any atom is 0.135 e. The summed E-state index contributed by atoms with van der Waals surface area (Å²) >= 11 is 1.86. The Hall–Kier alpha value is -7.40. The molecule has 3 nitrogen and oxygen atoms in total. The van der Waals surface area contributed by atoms with E-state index in [1.54, 1.807) is 0 Å². The van der Waals surface area contributed by atoms with Gasteiger partial charge in [-0.3, -0.25) is 0 Å². The first-order valence-electron chi connectivity index (χ1n) is 19.7. The van der Waals surface area contributed by atoms with Crippen LogP contribution >= 0.6 is 11.3 Å². The number of fused-ring (bicyclic) bond motifs is 9. The normalized spacial score (nSPS) is 11.8. The Morgan fingerprint density at radius 3 is 1.69 bits per heavy atom. The average molecular weight is 759 g/mol. The molecule has 3 heterocycles. The van der Waals surface area contributed by atoms with Gasteiger partial charge >= 0.3 is 0 Å². The minimum absolute atomic E-state index is 0.906. The number of aromatic nitrogens is 1. The molecule has 0 aliphatic carbocycles. The van der Waals surface area contributed by atoms with Gasteiger partial charge in [-0.25, -0.2) is 0 Å². The Bertz CT molecular complexity index is 3500. The van der Waals surface area contributed by atoms with E-state index in [2.05, 4.69) is 204 Å². The summed E-state index contributed by atoms with van der Waals surface area (Å²) in [5.41, 5.74) is 13.3. The third-order valence-corrected chi connectivity index (χ3v) is 12.7. The number of rotatable bonds is 6. The first-order chi connectivity index (χ1) is 28.7. The predicted octanol–water partition coefficient (Wildman–Crippen LogP) is 15.9. The van der Waals surface area contributed by atoms with Crippen molar-refractivity contribution in [3.63, 3.8) is 0 Å². The van der Waals surface area contributed by atoms with Gasteiger partial charge in [-0.1, -0.05) is 121 Å². The fourth-order valence-electron chi connectivity index (χ4n) is 8.82. The van der Waals surface area contributed by atoms with Crippen LogP contribution in [0.2, 0.25) is 0 Å². The van der Waals surface area contributed by atoms with Crippen LogP contribution in [0, 0.1) is 0 Å². The summed E-state index contributed by atoms with van der Waals surface area (Å²) in [5, 5.41) is 7.38. The summed E-state index contributed by atoms with van der Waals surface area (Å²) in [6.07, 6.45) is 0. The highest BCUT2D eigenvalue weighted by Crippen LogP contribution is 2.42. The van der Waals surface area contributed by atoms with E-state index in [1.165, 1.54) is 53.1 Å². The lowest BCUT2D eigenvalue weighted by Gasteiger charge is -2.26. The highest BCUT2D eigenvalue weighted by Gasteiger charge is 2.18. The maximum absolute atomic E-state index is 6.14. The number of hydrogen-bond acceptors (Lipinski definition) is 3. The molecule has 0 radical (unpaired) electrons. The number of thiophene rings is 1. The summed E-state index contributed by atoms with van der Waals surface area (Å²) in [5.74, 6) is 0. The highest BCUT2D eigenvalue weighted by atomic mass is 32.1. The van der Waals surface area contributed by atoms with E-state index in [9.17, 15) is 0 Å². The second-order valence-corrected chi connectivity index (χ2v) is 16.0. The molecule has 0 fully saturated rings. The highest BCUT2D eigenvalue weighted by molar-refractivity contribution is 7.25. The molecule has 3 aromatic heterocycles. The maximum atomic E-state index is 6.14. The Morgan fingerprint density at radius 2 is 0.897 bits per heavy atom. The van der Waals surface area contributed by atoms with Gasteiger partial charge in [0.15, 0.2) is 0 Å². The van der Waals surface area contributed by atoms with Gasteiger partial charge in [0.1, 0.15) is 11.2 Å². The Labute approximate surface area is 338 Å². The van der Waals surface area contributed by atoms with Gasteiger partial charge in [0.2, 0.25) is 0 Å². The van der Waals surface area contributed by atoms with Crippen LogP contribution in [0.4, 0.5) is 17.1 Å². The van der Waals surface area contributed by atoms with Crippen LogP contribution in [-0.2, 0) is 0 Å². The van der Waals surface area contributed by atoms with Gasteiger partial charge in [-0.15, -0.1) is 11.3 Å². The minimum Gasteiger partial charge on any atom is -0.456 e. The SMILES string of the molecule is c1ccc(-n2c3ccccc3c3ccc(N(c4ccc(-c5ccc6c(c5)sc5ccccc56)cc4)c4ccc(-c5ccc6oc7ccccc7c6c5)cc4)cc32)cc1. The molecule has 0 saturated carbocycles. The Balaban J connectivity index is 0.988. The third kappa shape index (κ3) is 5.27. The topological polar surface area (TPSA) is 21.3 Å². The van der Waals surface area contributed by atoms with E-state index in [4.69, 9.17) is 4.42 Å². The lowest BCUT2D eigenvalue weighted by molar-refractivity contribution is 0.669. The molecule has 0 aliphatic heterocycles. The Kier molecular flexibility index (Phi) is 7.40. The van der Waals surface area contributed by atoms with Crippen molar-refractivity contribution in [3.05, 3.63) is 206 Å². The van der Waals surface area contributed by atoms with Gasteiger partial charge in [0.25, 0.3) is 0 Å². The lowest BCUT2D eigenvalue weighted by Crippen LogP contribution is -2.10. The standard InChI is InChI=1S/C54H34N2OS/c1-2-10-39(11-3-1)56-49-15-7-4-12-43(49)44-30-28-42(34-50(44)56)55(40-24-18-35(19-25-40)37-23-31-52-48(32-37)45-13-5-8-16-51(45)57-52)41-26-20-36(21-27-41)38-22-29-47-46-14-6-9-17-53(46)58-54(47)33-38/h1-34H. The average Bonchev–Trinajstić information content (AvgIpc) is 3.96. The van der Waals surface area contributed by atoms with Crippen molar-refractivity contribution in [2.24, 2.45) is 0 Å². The molecule has 272 valence electrons. The van der Waals surface area contributed by atoms with E-state index in [1.807, 2.05) is 23.5 Å². The monoisotopic (exact) mass is 758 g/mol. The molecule has 0 bridgehead atoms. The number of anilines is 3. The molecule has 9 aromatic carbocycles. The number of hydrogen-bond donors (Lipinski definition) is 0. The van der Waals surface area contributed by atoms with E-state index in [0.29, 0.717) is 0 Å². The number of benzene rings is 9. The van der Waals surface area contributed by atoms with Crippen molar-refractivity contribution in [2.75, 3.05) is 4.90 Å². The van der Waals surface area contributed by atoms with Crippen LogP contribution in [-0.4, -0.2) is 4.57 Å². The molecule has 4 heteroatoms. The molecule has 12 aromatic rings. The van der Waals surface area contributed by atoms with Crippen molar-refractivity contribution in [1.29, 1.82) is 0 Å². The summed E-state index contributed by atoms with van der Waals surface area (Å²) in [7, 11) is 0. The first-order valence-corrected chi connectivity index (χ1v) is 20.5. The second-order valence-electron chi connectivity index (χ2n) is 14.9. The molecular weight excluding hydrogens is 725 g/mol. The first kappa shape index (κ1) is 32.8. The van der Waals surface area contributed by atoms with Gasteiger partial charge in [0.05, 0.1) is 11.0 Å². The molecule has 0 saturated heterocycles. The quantitative estimate of drug-likeness (QED) is 0.168.